The van der Waals surface area contributed by atoms with Crippen LogP contribution in [0.25, 0.3) is 0 Å². The number of nitrogens with one attached hydrogen (secondary N) is 1. The van der Waals surface area contributed by atoms with Gasteiger partial charge in [0.15, 0.2) is 23.1 Å². The van der Waals surface area contributed by atoms with E-state index >= 15 is 0 Å². The number of halogens is 6. The number of rotatable bonds is 7. The molecule has 1 aliphatic rings. The fourth-order valence-electron chi connectivity index (χ4n) is 3.10. The summed E-state index contributed by atoms with van der Waals surface area (Å²) in [7, 11) is 1.11. The number of benzene rings is 2. The van der Waals surface area contributed by atoms with Gasteiger partial charge in [-0.3, -0.25) is 4.79 Å². The molecule has 34 heavy (non-hydrogen) atoms. The molecule has 182 valence electrons. The Morgan fingerprint density at radius 2 is 1.85 bits per heavy atom. The van der Waals surface area contributed by atoms with Crippen molar-refractivity contribution >= 4 is 40.2 Å². The van der Waals surface area contributed by atoms with Gasteiger partial charge >= 0.3 is 12.1 Å². The third-order valence-electron chi connectivity index (χ3n) is 4.69. The molecule has 13 heteroatoms. The van der Waals surface area contributed by atoms with Crippen molar-refractivity contribution < 1.29 is 46.1 Å². The van der Waals surface area contributed by atoms with Crippen molar-refractivity contribution in [2.24, 2.45) is 0 Å². The standard InChI is InChI=1S/C21H16F5IN2O5/c1-33-20(32)12-9-29(4-5-30)19(31)17(12)28-15-8-11(27)2-3-16(15)34-18-13(22)6-10(7-14(18)23)21(24,25)26/h2-3,6-8,28,30H,4-5,9H2,1H3. The molecule has 0 saturated heterocycles. The van der Waals surface area contributed by atoms with Crippen LogP contribution >= 0.6 is 22.6 Å². The SMILES string of the molecule is COC(=O)C1=C(Nc2cc(I)ccc2Oc2c(F)cc(C(F)(F)F)cc2F)C(=O)N(CCO)C1. The fraction of sp³-hybridized carbons (Fsp3) is 0.238. The zero-order chi connectivity index (χ0) is 25.2. The first-order chi connectivity index (χ1) is 16.0. The van der Waals surface area contributed by atoms with Crippen molar-refractivity contribution in [3.8, 4) is 11.5 Å². The second-order valence-corrected chi connectivity index (χ2v) is 8.18. The second kappa shape index (κ2) is 10.1. The molecule has 0 bridgehead atoms. The minimum atomic E-state index is -4.96. The minimum absolute atomic E-state index is 0.00111. The Kier molecular flexibility index (Phi) is 7.65. The highest BCUT2D eigenvalue weighted by atomic mass is 127. The second-order valence-electron chi connectivity index (χ2n) is 6.93. The van der Waals surface area contributed by atoms with Crippen LogP contribution < -0.4 is 10.1 Å². The van der Waals surface area contributed by atoms with E-state index in [1.54, 1.807) is 0 Å². The first-order valence-corrected chi connectivity index (χ1v) is 10.6. The van der Waals surface area contributed by atoms with E-state index in [0.29, 0.717) is 3.57 Å². The molecule has 0 unspecified atom stereocenters. The maximum absolute atomic E-state index is 14.3. The van der Waals surface area contributed by atoms with Crippen LogP contribution in [0, 0.1) is 15.2 Å². The summed E-state index contributed by atoms with van der Waals surface area (Å²) in [6.07, 6.45) is -4.96. The summed E-state index contributed by atoms with van der Waals surface area (Å²) in [6, 6.07) is 4.40. The Hall–Kier alpha value is -2.94. The van der Waals surface area contributed by atoms with E-state index in [9.17, 15) is 31.5 Å². The van der Waals surface area contributed by atoms with Gasteiger partial charge in [-0.05, 0) is 52.9 Å². The van der Waals surface area contributed by atoms with E-state index in [-0.39, 0.29) is 54.5 Å². The molecule has 0 saturated carbocycles. The van der Waals surface area contributed by atoms with Crippen molar-refractivity contribution in [3.63, 3.8) is 0 Å². The molecule has 2 aromatic rings. The monoisotopic (exact) mass is 598 g/mol. The lowest BCUT2D eigenvalue weighted by Crippen LogP contribution is -2.31. The van der Waals surface area contributed by atoms with Crippen LogP contribution in [0.2, 0.25) is 0 Å². The smallest absolute Gasteiger partial charge is 0.416 e. The summed E-state index contributed by atoms with van der Waals surface area (Å²) in [4.78, 5) is 26.1. The zero-order valence-corrected chi connectivity index (χ0v) is 19.5. The number of carbonyl (C=O) groups is 2. The first-order valence-electron chi connectivity index (χ1n) is 9.48. The summed E-state index contributed by atoms with van der Waals surface area (Å²) in [6.45, 7) is -0.587. The first kappa shape index (κ1) is 25.7. The van der Waals surface area contributed by atoms with Crippen LogP contribution in [0.15, 0.2) is 41.6 Å². The largest absolute Gasteiger partial charge is 0.466 e. The average Bonchev–Trinajstić information content (AvgIpc) is 3.06. The Morgan fingerprint density at radius 3 is 2.41 bits per heavy atom. The molecule has 0 spiro atoms. The number of carbonyl (C=O) groups excluding carboxylic acids is 2. The maximum atomic E-state index is 14.3. The number of nitrogens with zero attached hydrogens (tertiary/aromatic N) is 1. The summed E-state index contributed by atoms with van der Waals surface area (Å²) in [5.74, 6) is -5.95. The molecule has 1 heterocycles. The molecule has 2 aromatic carbocycles. The van der Waals surface area contributed by atoms with Gasteiger partial charge in [0.05, 0.1) is 37.1 Å². The Labute approximate surface area is 203 Å². The number of alkyl halides is 3. The number of esters is 1. The van der Waals surface area contributed by atoms with E-state index in [2.05, 4.69) is 5.32 Å². The molecule has 7 nitrogen and oxygen atoms in total. The lowest BCUT2D eigenvalue weighted by molar-refractivity contribution is -0.138. The normalized spacial score (nSPS) is 14.0. The third-order valence-corrected chi connectivity index (χ3v) is 5.36. The van der Waals surface area contributed by atoms with Crippen LogP contribution in [0.5, 0.6) is 11.5 Å². The molecular formula is C21H16F5IN2O5. The quantitative estimate of drug-likeness (QED) is 0.284. The Bertz CT molecular complexity index is 1150. The molecule has 3 rings (SSSR count). The highest BCUT2D eigenvalue weighted by Gasteiger charge is 2.35. The van der Waals surface area contributed by atoms with E-state index in [0.717, 1.165) is 7.11 Å². The van der Waals surface area contributed by atoms with Gasteiger partial charge in [-0.15, -0.1) is 0 Å². The number of methoxy groups -OCH3 is 1. The molecule has 0 radical (unpaired) electrons. The minimum Gasteiger partial charge on any atom is -0.466 e. The van der Waals surface area contributed by atoms with Gasteiger partial charge in [-0.1, -0.05) is 0 Å². The number of hydrogen-bond acceptors (Lipinski definition) is 6. The highest BCUT2D eigenvalue weighted by molar-refractivity contribution is 14.1. The number of β-amino-alcohol motifs (C(OH)–C–C–N with tert-alkyl or cyclic N) is 1. The molecule has 0 aliphatic carbocycles. The van der Waals surface area contributed by atoms with Crippen molar-refractivity contribution in [1.29, 1.82) is 0 Å². The number of ether oxygens (including phenoxy) is 2. The summed E-state index contributed by atoms with van der Waals surface area (Å²) in [5.41, 5.74) is -1.79. The predicted octanol–water partition coefficient (Wildman–Crippen LogP) is 4.05. The van der Waals surface area contributed by atoms with E-state index in [1.807, 2.05) is 22.6 Å². The zero-order valence-electron chi connectivity index (χ0n) is 17.3. The molecule has 0 atom stereocenters. The van der Waals surface area contributed by atoms with Crippen molar-refractivity contribution in [2.75, 3.05) is 32.1 Å². The molecular weight excluding hydrogens is 582 g/mol. The van der Waals surface area contributed by atoms with Crippen LogP contribution in [-0.2, 0) is 20.5 Å². The van der Waals surface area contributed by atoms with Crippen LogP contribution in [-0.4, -0.2) is 48.7 Å². The lowest BCUT2D eigenvalue weighted by Gasteiger charge is -2.17. The summed E-state index contributed by atoms with van der Waals surface area (Å²) < 4.78 is 77.6. The lowest BCUT2D eigenvalue weighted by atomic mass is 10.2. The topological polar surface area (TPSA) is 88.1 Å². The summed E-state index contributed by atoms with van der Waals surface area (Å²) in [5, 5.41) is 11.9. The van der Waals surface area contributed by atoms with Gasteiger partial charge in [0.25, 0.3) is 5.91 Å². The average molecular weight is 598 g/mol. The molecule has 0 fully saturated rings. The molecule has 1 aliphatic heterocycles. The van der Waals surface area contributed by atoms with Crippen LogP contribution in [0.3, 0.4) is 0 Å². The molecule has 1 amide bonds. The number of hydrogen-bond donors (Lipinski definition) is 2. The van der Waals surface area contributed by atoms with Crippen LogP contribution in [0.4, 0.5) is 27.6 Å². The van der Waals surface area contributed by atoms with E-state index in [4.69, 9.17) is 14.6 Å². The predicted molar refractivity (Wildman–Crippen MR) is 117 cm³/mol. The number of anilines is 1. The van der Waals surface area contributed by atoms with Crippen molar-refractivity contribution in [1.82, 2.24) is 4.90 Å². The fourth-order valence-corrected chi connectivity index (χ4v) is 3.59. The van der Waals surface area contributed by atoms with Gasteiger partial charge in [0.1, 0.15) is 5.70 Å². The van der Waals surface area contributed by atoms with Gasteiger partial charge in [-0.2, -0.15) is 13.2 Å². The van der Waals surface area contributed by atoms with Crippen molar-refractivity contribution in [3.05, 3.63) is 62.4 Å². The van der Waals surface area contributed by atoms with E-state index in [1.165, 1.54) is 23.1 Å². The summed E-state index contributed by atoms with van der Waals surface area (Å²) >= 11 is 1.91. The Balaban J connectivity index is 2.01. The number of aliphatic hydroxyl groups is 1. The number of amides is 1. The number of aliphatic hydroxyl groups excluding tert-OH is 1. The highest BCUT2D eigenvalue weighted by Crippen LogP contribution is 2.38. The Morgan fingerprint density at radius 1 is 1.21 bits per heavy atom. The maximum Gasteiger partial charge on any atom is 0.416 e. The van der Waals surface area contributed by atoms with E-state index < -0.39 is 41.0 Å². The van der Waals surface area contributed by atoms with Gasteiger partial charge < -0.3 is 24.8 Å². The van der Waals surface area contributed by atoms with Crippen LogP contribution in [0.1, 0.15) is 5.56 Å². The molecule has 2 N–H and O–H groups in total. The molecule has 0 aromatic heterocycles. The van der Waals surface area contributed by atoms with Gasteiger partial charge in [0, 0.05) is 10.1 Å². The third kappa shape index (κ3) is 5.41. The van der Waals surface area contributed by atoms with Gasteiger partial charge in [-0.25, -0.2) is 13.6 Å². The van der Waals surface area contributed by atoms with Crippen molar-refractivity contribution in [2.45, 2.75) is 6.18 Å². The van der Waals surface area contributed by atoms with Gasteiger partial charge in [0.2, 0.25) is 0 Å².